The fourth-order valence-electron chi connectivity index (χ4n) is 2.17. The molecule has 0 radical (unpaired) electrons. The summed E-state index contributed by atoms with van der Waals surface area (Å²) in [6, 6.07) is 11.3. The second-order valence-electron chi connectivity index (χ2n) is 5.37. The van der Waals surface area contributed by atoms with E-state index in [-0.39, 0.29) is 6.04 Å². The molecule has 0 aliphatic rings. The van der Waals surface area contributed by atoms with E-state index in [0.29, 0.717) is 17.9 Å². The van der Waals surface area contributed by atoms with E-state index in [1.54, 1.807) is 0 Å². The van der Waals surface area contributed by atoms with Crippen LogP contribution in [0.1, 0.15) is 42.5 Å². The van der Waals surface area contributed by atoms with Crippen LogP contribution in [0.4, 0.5) is 8.78 Å². The van der Waals surface area contributed by atoms with Gasteiger partial charge in [0.15, 0.2) is 0 Å². The van der Waals surface area contributed by atoms with Crippen molar-refractivity contribution in [1.82, 2.24) is 0 Å². The molecular weight excluding hydrogens is 256 g/mol. The first-order chi connectivity index (χ1) is 9.47. The van der Waals surface area contributed by atoms with Gasteiger partial charge in [0, 0.05) is 12.1 Å². The van der Waals surface area contributed by atoms with Gasteiger partial charge in [-0.2, -0.15) is 0 Å². The van der Waals surface area contributed by atoms with Gasteiger partial charge in [0.1, 0.15) is 11.6 Å². The molecular formula is C17H19F2N. The standard InChI is InChI=1S/C17H19F2N/c1-11(2)12-3-5-13(6-4-12)17(20)9-14-7-8-15(18)10-16(14)19/h3-8,10-11,17H,9,20H2,1-2H3. The van der Waals surface area contributed by atoms with Crippen LogP contribution in [0.25, 0.3) is 0 Å². The van der Waals surface area contributed by atoms with Crippen LogP contribution in [-0.4, -0.2) is 0 Å². The van der Waals surface area contributed by atoms with Crippen molar-refractivity contribution in [3.05, 3.63) is 70.8 Å². The molecule has 2 rings (SSSR count). The van der Waals surface area contributed by atoms with E-state index in [0.717, 1.165) is 11.6 Å². The first-order valence-corrected chi connectivity index (χ1v) is 6.76. The van der Waals surface area contributed by atoms with Crippen LogP contribution >= 0.6 is 0 Å². The zero-order valence-electron chi connectivity index (χ0n) is 11.7. The van der Waals surface area contributed by atoms with E-state index in [4.69, 9.17) is 5.73 Å². The maximum Gasteiger partial charge on any atom is 0.129 e. The molecule has 0 spiro atoms. The molecule has 1 unspecified atom stereocenters. The van der Waals surface area contributed by atoms with Crippen molar-refractivity contribution in [1.29, 1.82) is 0 Å². The molecule has 0 amide bonds. The lowest BCUT2D eigenvalue weighted by Crippen LogP contribution is -2.14. The second kappa shape index (κ2) is 6.14. The third kappa shape index (κ3) is 3.42. The Morgan fingerprint density at radius 2 is 1.55 bits per heavy atom. The topological polar surface area (TPSA) is 26.0 Å². The average molecular weight is 275 g/mol. The molecule has 0 saturated carbocycles. The summed E-state index contributed by atoms with van der Waals surface area (Å²) in [4.78, 5) is 0. The fourth-order valence-corrected chi connectivity index (χ4v) is 2.17. The maximum absolute atomic E-state index is 13.6. The van der Waals surface area contributed by atoms with E-state index >= 15 is 0 Å². The van der Waals surface area contributed by atoms with E-state index < -0.39 is 11.6 Å². The summed E-state index contributed by atoms with van der Waals surface area (Å²) in [6.07, 6.45) is 0.354. The highest BCUT2D eigenvalue weighted by Gasteiger charge is 2.11. The Bertz CT molecular complexity index is 576. The molecule has 1 nitrogen and oxygen atoms in total. The van der Waals surface area contributed by atoms with Gasteiger partial charge in [-0.25, -0.2) is 8.78 Å². The van der Waals surface area contributed by atoms with Gasteiger partial charge in [0.05, 0.1) is 0 Å². The third-order valence-electron chi connectivity index (χ3n) is 3.49. The minimum atomic E-state index is -0.568. The Morgan fingerprint density at radius 1 is 0.950 bits per heavy atom. The Balaban J connectivity index is 2.13. The highest BCUT2D eigenvalue weighted by molar-refractivity contribution is 5.29. The normalized spacial score (nSPS) is 12.7. The van der Waals surface area contributed by atoms with Crippen LogP contribution in [0.5, 0.6) is 0 Å². The molecule has 106 valence electrons. The summed E-state index contributed by atoms with van der Waals surface area (Å²) >= 11 is 0. The van der Waals surface area contributed by atoms with Crippen molar-refractivity contribution in [2.75, 3.05) is 0 Å². The highest BCUT2D eigenvalue weighted by atomic mass is 19.1. The summed E-state index contributed by atoms with van der Waals surface area (Å²) < 4.78 is 26.5. The number of hydrogen-bond acceptors (Lipinski definition) is 1. The van der Waals surface area contributed by atoms with Crippen LogP contribution in [0.3, 0.4) is 0 Å². The van der Waals surface area contributed by atoms with Gasteiger partial charge < -0.3 is 5.73 Å². The number of halogens is 2. The molecule has 0 fully saturated rings. The SMILES string of the molecule is CC(C)c1ccc(C(N)Cc2ccc(F)cc2F)cc1. The number of benzene rings is 2. The van der Waals surface area contributed by atoms with Gasteiger partial charge in [-0.3, -0.25) is 0 Å². The zero-order chi connectivity index (χ0) is 14.7. The van der Waals surface area contributed by atoms with Gasteiger partial charge in [-0.1, -0.05) is 44.2 Å². The van der Waals surface area contributed by atoms with Gasteiger partial charge in [-0.15, -0.1) is 0 Å². The summed E-state index contributed by atoms with van der Waals surface area (Å²) in [5, 5.41) is 0. The average Bonchev–Trinajstić information content (AvgIpc) is 2.42. The Morgan fingerprint density at radius 3 is 2.10 bits per heavy atom. The summed E-state index contributed by atoms with van der Waals surface area (Å²) in [5.41, 5.74) is 8.74. The molecule has 2 N–H and O–H groups in total. The molecule has 20 heavy (non-hydrogen) atoms. The minimum Gasteiger partial charge on any atom is -0.324 e. The lowest BCUT2D eigenvalue weighted by molar-refractivity contribution is 0.563. The lowest BCUT2D eigenvalue weighted by Gasteiger charge is -2.14. The first kappa shape index (κ1) is 14.7. The molecule has 0 aliphatic heterocycles. The van der Waals surface area contributed by atoms with Crippen molar-refractivity contribution < 1.29 is 8.78 Å². The Hall–Kier alpha value is -1.74. The third-order valence-corrected chi connectivity index (χ3v) is 3.49. The Labute approximate surface area is 118 Å². The highest BCUT2D eigenvalue weighted by Crippen LogP contribution is 2.21. The predicted molar refractivity (Wildman–Crippen MR) is 77.5 cm³/mol. The molecule has 0 heterocycles. The van der Waals surface area contributed by atoms with Gasteiger partial charge in [0.25, 0.3) is 0 Å². The monoisotopic (exact) mass is 275 g/mol. The van der Waals surface area contributed by atoms with Crippen molar-refractivity contribution in [2.24, 2.45) is 5.73 Å². The van der Waals surface area contributed by atoms with E-state index in [9.17, 15) is 8.78 Å². The van der Waals surface area contributed by atoms with Crippen LogP contribution < -0.4 is 5.73 Å². The zero-order valence-corrected chi connectivity index (χ0v) is 11.7. The van der Waals surface area contributed by atoms with Crippen molar-refractivity contribution in [2.45, 2.75) is 32.2 Å². The van der Waals surface area contributed by atoms with Crippen LogP contribution in [0.2, 0.25) is 0 Å². The molecule has 0 aromatic heterocycles. The molecule has 1 atom stereocenters. The quantitative estimate of drug-likeness (QED) is 0.883. The predicted octanol–water partition coefficient (Wildman–Crippen LogP) is 4.33. The minimum absolute atomic E-state index is 0.295. The van der Waals surface area contributed by atoms with Gasteiger partial charge in [0.2, 0.25) is 0 Å². The Kier molecular flexibility index (Phi) is 4.50. The molecule has 2 aromatic carbocycles. The fraction of sp³-hybridized carbons (Fsp3) is 0.294. The van der Waals surface area contributed by atoms with Gasteiger partial charge >= 0.3 is 0 Å². The van der Waals surface area contributed by atoms with Crippen molar-refractivity contribution in [3.8, 4) is 0 Å². The van der Waals surface area contributed by atoms with Crippen molar-refractivity contribution in [3.63, 3.8) is 0 Å². The molecule has 3 heteroatoms. The van der Waals surface area contributed by atoms with Crippen LogP contribution in [0.15, 0.2) is 42.5 Å². The first-order valence-electron chi connectivity index (χ1n) is 6.76. The van der Waals surface area contributed by atoms with Crippen LogP contribution in [0, 0.1) is 11.6 Å². The second-order valence-corrected chi connectivity index (χ2v) is 5.37. The molecule has 0 saturated heterocycles. The van der Waals surface area contributed by atoms with E-state index in [1.165, 1.54) is 17.7 Å². The summed E-state index contributed by atoms with van der Waals surface area (Å²) in [6.45, 7) is 4.26. The summed E-state index contributed by atoms with van der Waals surface area (Å²) in [7, 11) is 0. The largest absolute Gasteiger partial charge is 0.324 e. The molecule has 2 aromatic rings. The molecule has 0 aliphatic carbocycles. The van der Waals surface area contributed by atoms with Crippen LogP contribution in [-0.2, 0) is 6.42 Å². The van der Waals surface area contributed by atoms with Crippen molar-refractivity contribution >= 4 is 0 Å². The number of rotatable bonds is 4. The lowest BCUT2D eigenvalue weighted by atomic mass is 9.96. The summed E-state index contributed by atoms with van der Waals surface area (Å²) in [5.74, 6) is -0.643. The van der Waals surface area contributed by atoms with Gasteiger partial charge in [-0.05, 0) is 35.1 Å². The maximum atomic E-state index is 13.6. The number of hydrogen-bond donors (Lipinski definition) is 1. The van der Waals surface area contributed by atoms with E-state index in [1.807, 2.05) is 24.3 Å². The number of nitrogens with two attached hydrogens (primary N) is 1. The smallest absolute Gasteiger partial charge is 0.129 e. The molecule has 0 bridgehead atoms. The van der Waals surface area contributed by atoms with E-state index in [2.05, 4.69) is 13.8 Å².